The molecule has 0 bridgehead atoms. The van der Waals surface area contributed by atoms with E-state index in [9.17, 15) is 0 Å². The van der Waals surface area contributed by atoms with Crippen molar-refractivity contribution in [3.05, 3.63) is 41.5 Å². The van der Waals surface area contributed by atoms with Crippen LogP contribution < -0.4 is 4.74 Å². The second-order valence-corrected chi connectivity index (χ2v) is 3.29. The van der Waals surface area contributed by atoms with Gasteiger partial charge in [0, 0.05) is 6.42 Å². The van der Waals surface area contributed by atoms with E-state index in [4.69, 9.17) is 14.4 Å². The Morgan fingerprint density at radius 1 is 1.44 bits per heavy atom. The summed E-state index contributed by atoms with van der Waals surface area (Å²) >= 11 is 0. The molecule has 16 heavy (non-hydrogen) atoms. The van der Waals surface area contributed by atoms with Crippen molar-refractivity contribution in [3.63, 3.8) is 0 Å². The molecule has 0 saturated carbocycles. The molecule has 1 N–H and O–H groups in total. The van der Waals surface area contributed by atoms with Crippen molar-refractivity contribution in [3.8, 4) is 5.75 Å². The SMILES string of the molecule is COc1cccc(Cc2noc(CO)n2)c1. The van der Waals surface area contributed by atoms with E-state index in [1.54, 1.807) is 7.11 Å². The topological polar surface area (TPSA) is 68.4 Å². The van der Waals surface area contributed by atoms with Gasteiger partial charge in [-0.05, 0) is 17.7 Å². The van der Waals surface area contributed by atoms with Gasteiger partial charge in [-0.2, -0.15) is 4.98 Å². The summed E-state index contributed by atoms with van der Waals surface area (Å²) in [7, 11) is 1.62. The second-order valence-electron chi connectivity index (χ2n) is 3.29. The predicted octanol–water partition coefficient (Wildman–Crippen LogP) is 1.16. The summed E-state index contributed by atoms with van der Waals surface area (Å²) in [5.74, 6) is 1.58. The third-order valence-corrected chi connectivity index (χ3v) is 2.14. The van der Waals surface area contributed by atoms with Gasteiger partial charge in [-0.3, -0.25) is 0 Å². The first-order chi connectivity index (χ1) is 7.81. The van der Waals surface area contributed by atoms with Crippen LogP contribution >= 0.6 is 0 Å². The second kappa shape index (κ2) is 4.76. The molecule has 0 unspecified atom stereocenters. The van der Waals surface area contributed by atoms with Crippen LogP contribution in [0.15, 0.2) is 28.8 Å². The molecule has 1 aromatic carbocycles. The number of aromatic nitrogens is 2. The van der Waals surface area contributed by atoms with Crippen molar-refractivity contribution in [1.82, 2.24) is 10.1 Å². The molecule has 0 radical (unpaired) electrons. The summed E-state index contributed by atoms with van der Waals surface area (Å²) in [6.07, 6.45) is 0.556. The predicted molar refractivity (Wildman–Crippen MR) is 56.0 cm³/mol. The standard InChI is InChI=1S/C11H12N2O3/c1-15-9-4-2-3-8(5-9)6-10-12-11(7-14)16-13-10/h2-5,14H,6-7H2,1H3. The highest BCUT2D eigenvalue weighted by molar-refractivity contribution is 5.29. The first-order valence-corrected chi connectivity index (χ1v) is 4.87. The molecule has 1 aromatic heterocycles. The van der Waals surface area contributed by atoms with Crippen LogP contribution in [0, 0.1) is 0 Å². The normalized spacial score (nSPS) is 10.4. The molecule has 2 aromatic rings. The van der Waals surface area contributed by atoms with Gasteiger partial charge in [0.05, 0.1) is 7.11 Å². The van der Waals surface area contributed by atoms with Gasteiger partial charge in [-0.1, -0.05) is 17.3 Å². The van der Waals surface area contributed by atoms with Gasteiger partial charge in [-0.15, -0.1) is 0 Å². The third-order valence-electron chi connectivity index (χ3n) is 2.14. The molecule has 0 atom stereocenters. The molecule has 0 spiro atoms. The molecule has 0 amide bonds. The Balaban J connectivity index is 2.13. The number of hydrogen-bond acceptors (Lipinski definition) is 5. The summed E-state index contributed by atoms with van der Waals surface area (Å²) in [6.45, 7) is -0.231. The molecule has 0 aliphatic rings. The van der Waals surface area contributed by atoms with Gasteiger partial charge in [0.2, 0.25) is 0 Å². The molecular weight excluding hydrogens is 208 g/mol. The summed E-state index contributed by atoms with van der Waals surface area (Å²) in [4.78, 5) is 4.01. The highest BCUT2D eigenvalue weighted by Gasteiger charge is 2.06. The number of rotatable bonds is 4. The third kappa shape index (κ3) is 2.38. The van der Waals surface area contributed by atoms with Crippen LogP contribution in [0.25, 0.3) is 0 Å². The summed E-state index contributed by atoms with van der Waals surface area (Å²) < 4.78 is 9.91. The fourth-order valence-corrected chi connectivity index (χ4v) is 1.39. The van der Waals surface area contributed by atoms with E-state index in [2.05, 4.69) is 10.1 Å². The van der Waals surface area contributed by atoms with E-state index in [1.807, 2.05) is 24.3 Å². The average molecular weight is 220 g/mol. The number of aliphatic hydroxyl groups is 1. The van der Waals surface area contributed by atoms with Gasteiger partial charge in [0.15, 0.2) is 5.82 Å². The van der Waals surface area contributed by atoms with Gasteiger partial charge in [0.1, 0.15) is 12.4 Å². The largest absolute Gasteiger partial charge is 0.497 e. The Bertz CT molecular complexity index is 468. The summed E-state index contributed by atoms with van der Waals surface area (Å²) in [5.41, 5.74) is 1.03. The fraction of sp³-hybridized carbons (Fsp3) is 0.273. The Morgan fingerprint density at radius 3 is 3.00 bits per heavy atom. The maximum absolute atomic E-state index is 8.78. The van der Waals surface area contributed by atoms with Crippen molar-refractivity contribution in [1.29, 1.82) is 0 Å². The lowest BCUT2D eigenvalue weighted by Crippen LogP contribution is -1.92. The molecular formula is C11H12N2O3. The highest BCUT2D eigenvalue weighted by Crippen LogP contribution is 2.14. The number of benzene rings is 1. The number of nitrogens with zero attached hydrogens (tertiary/aromatic N) is 2. The number of methoxy groups -OCH3 is 1. The lowest BCUT2D eigenvalue weighted by Gasteiger charge is -2.01. The highest BCUT2D eigenvalue weighted by atomic mass is 16.5. The first-order valence-electron chi connectivity index (χ1n) is 4.87. The number of ether oxygens (including phenoxy) is 1. The molecule has 0 aliphatic carbocycles. The van der Waals surface area contributed by atoms with E-state index in [0.29, 0.717) is 12.2 Å². The average Bonchev–Trinajstić information content (AvgIpc) is 2.77. The fourth-order valence-electron chi connectivity index (χ4n) is 1.39. The van der Waals surface area contributed by atoms with E-state index in [1.165, 1.54) is 0 Å². The molecule has 1 heterocycles. The zero-order valence-electron chi connectivity index (χ0n) is 8.88. The lowest BCUT2D eigenvalue weighted by atomic mass is 10.1. The maximum atomic E-state index is 8.78. The van der Waals surface area contributed by atoms with Crippen LogP contribution in [0.5, 0.6) is 5.75 Å². The molecule has 5 nitrogen and oxygen atoms in total. The van der Waals surface area contributed by atoms with Crippen molar-refractivity contribution < 1.29 is 14.4 Å². The van der Waals surface area contributed by atoms with Gasteiger partial charge >= 0.3 is 0 Å². The monoisotopic (exact) mass is 220 g/mol. The van der Waals surface area contributed by atoms with E-state index < -0.39 is 0 Å². The molecule has 0 aliphatic heterocycles. The molecule has 2 rings (SSSR count). The minimum absolute atomic E-state index is 0.231. The number of hydrogen-bond donors (Lipinski definition) is 1. The smallest absolute Gasteiger partial charge is 0.252 e. The number of aliphatic hydroxyl groups excluding tert-OH is 1. The Labute approximate surface area is 92.7 Å². The van der Waals surface area contributed by atoms with Crippen molar-refractivity contribution in [2.24, 2.45) is 0 Å². The summed E-state index contributed by atoms with van der Waals surface area (Å²) in [6, 6.07) is 7.65. The van der Waals surface area contributed by atoms with Crippen LogP contribution in [0.1, 0.15) is 17.3 Å². The van der Waals surface area contributed by atoms with E-state index >= 15 is 0 Å². The van der Waals surface area contributed by atoms with Crippen molar-refractivity contribution in [2.45, 2.75) is 13.0 Å². The lowest BCUT2D eigenvalue weighted by molar-refractivity contribution is 0.222. The van der Waals surface area contributed by atoms with Crippen molar-refractivity contribution in [2.75, 3.05) is 7.11 Å². The minimum atomic E-state index is -0.231. The zero-order valence-corrected chi connectivity index (χ0v) is 8.88. The van der Waals surface area contributed by atoms with Crippen LogP contribution in [0.3, 0.4) is 0 Å². The van der Waals surface area contributed by atoms with Gasteiger partial charge in [0.25, 0.3) is 5.89 Å². The molecule has 84 valence electrons. The van der Waals surface area contributed by atoms with Crippen molar-refractivity contribution >= 4 is 0 Å². The molecule has 5 heteroatoms. The van der Waals surface area contributed by atoms with Gasteiger partial charge < -0.3 is 14.4 Å². The van der Waals surface area contributed by atoms with Crippen LogP contribution in [-0.4, -0.2) is 22.4 Å². The maximum Gasteiger partial charge on any atom is 0.252 e. The van der Waals surface area contributed by atoms with Gasteiger partial charge in [-0.25, -0.2) is 0 Å². The van der Waals surface area contributed by atoms with E-state index in [0.717, 1.165) is 11.3 Å². The zero-order chi connectivity index (χ0) is 11.4. The minimum Gasteiger partial charge on any atom is -0.497 e. The van der Waals surface area contributed by atoms with Crippen LogP contribution in [-0.2, 0) is 13.0 Å². The Kier molecular flexibility index (Phi) is 3.16. The molecule has 0 fully saturated rings. The Hall–Kier alpha value is -1.88. The Morgan fingerprint density at radius 2 is 2.31 bits per heavy atom. The van der Waals surface area contributed by atoms with Crippen LogP contribution in [0.2, 0.25) is 0 Å². The first kappa shape index (κ1) is 10.6. The van der Waals surface area contributed by atoms with E-state index in [-0.39, 0.29) is 12.5 Å². The summed E-state index contributed by atoms with van der Waals surface area (Å²) in [5, 5.41) is 12.5. The molecule has 0 saturated heterocycles. The quantitative estimate of drug-likeness (QED) is 0.837. The van der Waals surface area contributed by atoms with Crippen LogP contribution in [0.4, 0.5) is 0 Å².